The van der Waals surface area contributed by atoms with Crippen LogP contribution in [0.4, 0.5) is 5.69 Å². The average molecular weight is 340 g/mol. The Morgan fingerprint density at radius 2 is 1.96 bits per heavy atom. The molecule has 0 saturated carbocycles. The number of hydrogen-bond donors (Lipinski definition) is 1. The van der Waals surface area contributed by atoms with Gasteiger partial charge in [0.2, 0.25) is 0 Å². The predicted molar refractivity (Wildman–Crippen MR) is 72.5 cm³/mol. The molecular formula is C11H8N4O7S. The predicted octanol–water partition coefficient (Wildman–Crippen LogP) is 0.716. The Bertz CT molecular complexity index is 826. The van der Waals surface area contributed by atoms with E-state index in [0.717, 1.165) is 0 Å². The standard InChI is InChI=1S/C11H8N4O7S/c12-14-13-7-3-1-6(2-4-7)11(18)22-15-9(16)5-8(10(15)17)23(19,20)21/h1-4,8H,5H2,(H,19,20,21)/t8-/m0/s1. The molecule has 1 saturated heterocycles. The van der Waals surface area contributed by atoms with Gasteiger partial charge in [-0.15, -0.1) is 5.06 Å². The van der Waals surface area contributed by atoms with Gasteiger partial charge in [0.15, 0.2) is 5.25 Å². The number of nitrogens with zero attached hydrogens (tertiary/aromatic N) is 4. The van der Waals surface area contributed by atoms with E-state index in [1.54, 1.807) is 0 Å². The molecule has 0 aromatic heterocycles. The molecule has 1 heterocycles. The highest BCUT2D eigenvalue weighted by atomic mass is 32.2. The SMILES string of the molecule is [N-]=[N+]=Nc1ccc(C(=O)ON2C(=O)C[C@H](S(=O)(=O)O)C2=O)cc1. The molecule has 1 aliphatic rings. The molecule has 0 bridgehead atoms. The van der Waals surface area contributed by atoms with Crippen LogP contribution in [-0.4, -0.2) is 41.1 Å². The van der Waals surface area contributed by atoms with Crippen LogP contribution in [0.25, 0.3) is 10.4 Å². The fraction of sp³-hybridized carbons (Fsp3) is 0.182. The number of azide groups is 1. The molecule has 1 aromatic carbocycles. The lowest BCUT2D eigenvalue weighted by atomic mass is 10.2. The van der Waals surface area contributed by atoms with Crippen molar-refractivity contribution in [3.05, 3.63) is 40.3 Å². The summed E-state index contributed by atoms with van der Waals surface area (Å²) >= 11 is 0. The smallest absolute Gasteiger partial charge is 0.325 e. The summed E-state index contributed by atoms with van der Waals surface area (Å²) in [6.07, 6.45) is -0.819. The van der Waals surface area contributed by atoms with Gasteiger partial charge in [0, 0.05) is 10.6 Å². The molecule has 0 unspecified atom stereocenters. The number of hydroxylamine groups is 2. The lowest BCUT2D eigenvalue weighted by molar-refractivity contribution is -0.172. The molecule has 0 aliphatic carbocycles. The molecular weight excluding hydrogens is 332 g/mol. The maximum atomic E-state index is 11.8. The molecule has 23 heavy (non-hydrogen) atoms. The highest BCUT2D eigenvalue weighted by Gasteiger charge is 2.48. The Balaban J connectivity index is 2.15. The molecule has 0 spiro atoms. The lowest BCUT2D eigenvalue weighted by Crippen LogP contribution is -2.36. The molecule has 1 aliphatic heterocycles. The normalized spacial score (nSPS) is 17.8. The number of carbonyl (C=O) groups excluding carboxylic acids is 3. The summed E-state index contributed by atoms with van der Waals surface area (Å²) in [6, 6.07) is 5.03. The summed E-state index contributed by atoms with van der Waals surface area (Å²) in [6.45, 7) is 0. The van der Waals surface area contributed by atoms with Crippen LogP contribution < -0.4 is 0 Å². The second-order valence-electron chi connectivity index (χ2n) is 4.35. The van der Waals surface area contributed by atoms with Crippen LogP contribution in [0.1, 0.15) is 16.8 Å². The first-order valence-corrected chi connectivity index (χ1v) is 7.45. The maximum Gasteiger partial charge on any atom is 0.363 e. The molecule has 2 rings (SSSR count). The van der Waals surface area contributed by atoms with E-state index in [1.807, 2.05) is 0 Å². The summed E-state index contributed by atoms with van der Waals surface area (Å²) in [4.78, 5) is 42.2. The molecule has 2 amide bonds. The van der Waals surface area contributed by atoms with Crippen LogP contribution in [0.3, 0.4) is 0 Å². The van der Waals surface area contributed by atoms with Gasteiger partial charge in [0.25, 0.3) is 21.9 Å². The van der Waals surface area contributed by atoms with E-state index in [4.69, 9.17) is 10.1 Å². The Hall–Kier alpha value is -2.95. The third-order valence-electron chi connectivity index (χ3n) is 2.86. The van der Waals surface area contributed by atoms with E-state index in [-0.39, 0.29) is 16.3 Å². The Morgan fingerprint density at radius 1 is 1.35 bits per heavy atom. The first kappa shape index (κ1) is 16.4. The van der Waals surface area contributed by atoms with Crippen molar-refractivity contribution in [3.8, 4) is 0 Å². The van der Waals surface area contributed by atoms with E-state index >= 15 is 0 Å². The van der Waals surface area contributed by atoms with Gasteiger partial charge in [-0.2, -0.15) is 8.42 Å². The quantitative estimate of drug-likeness (QED) is 0.277. The third kappa shape index (κ3) is 3.45. The van der Waals surface area contributed by atoms with Gasteiger partial charge in [-0.1, -0.05) is 17.2 Å². The highest BCUT2D eigenvalue weighted by molar-refractivity contribution is 7.87. The van der Waals surface area contributed by atoms with Crippen LogP contribution in [0.15, 0.2) is 29.4 Å². The summed E-state index contributed by atoms with van der Waals surface area (Å²) in [5, 5.41) is 1.30. The number of carbonyl (C=O) groups is 3. The van der Waals surface area contributed by atoms with Gasteiger partial charge in [-0.3, -0.25) is 14.1 Å². The Labute approximate surface area is 128 Å². The molecule has 12 heteroatoms. The largest absolute Gasteiger partial charge is 0.363 e. The first-order chi connectivity index (χ1) is 10.7. The second kappa shape index (κ2) is 6.04. The van der Waals surface area contributed by atoms with Crippen LogP contribution >= 0.6 is 0 Å². The zero-order chi connectivity index (χ0) is 17.2. The molecule has 0 radical (unpaired) electrons. The highest BCUT2D eigenvalue weighted by Crippen LogP contribution is 2.21. The average Bonchev–Trinajstić information content (AvgIpc) is 2.76. The molecule has 1 atom stereocenters. The van der Waals surface area contributed by atoms with Crippen molar-refractivity contribution in [1.29, 1.82) is 0 Å². The number of benzene rings is 1. The molecule has 1 fully saturated rings. The molecule has 1 N–H and O–H groups in total. The fourth-order valence-electron chi connectivity index (χ4n) is 1.76. The minimum absolute atomic E-state index is 0.00210. The van der Waals surface area contributed by atoms with E-state index in [9.17, 15) is 22.8 Å². The summed E-state index contributed by atoms with van der Waals surface area (Å²) in [7, 11) is -4.78. The van der Waals surface area contributed by atoms with Gasteiger partial charge in [-0.05, 0) is 17.7 Å². The number of amides is 2. The fourth-order valence-corrected chi connectivity index (χ4v) is 2.47. The van der Waals surface area contributed by atoms with Crippen LogP contribution in [0, 0.1) is 0 Å². The molecule has 120 valence electrons. The third-order valence-corrected chi connectivity index (χ3v) is 3.95. The number of hydrogen-bond acceptors (Lipinski definition) is 7. The first-order valence-electron chi connectivity index (χ1n) is 5.94. The van der Waals surface area contributed by atoms with E-state index in [1.165, 1.54) is 24.3 Å². The van der Waals surface area contributed by atoms with Crippen molar-refractivity contribution in [2.24, 2.45) is 5.11 Å². The van der Waals surface area contributed by atoms with Gasteiger partial charge in [0.1, 0.15) is 0 Å². The Kier molecular flexibility index (Phi) is 4.31. The minimum Gasteiger partial charge on any atom is -0.325 e. The van der Waals surface area contributed by atoms with E-state index in [2.05, 4.69) is 14.9 Å². The minimum atomic E-state index is -4.78. The van der Waals surface area contributed by atoms with Crippen molar-refractivity contribution in [3.63, 3.8) is 0 Å². The zero-order valence-corrected chi connectivity index (χ0v) is 12.0. The second-order valence-corrected chi connectivity index (χ2v) is 5.95. The van der Waals surface area contributed by atoms with Crippen molar-refractivity contribution < 1.29 is 32.2 Å². The van der Waals surface area contributed by atoms with Crippen LogP contribution in [0.2, 0.25) is 0 Å². The van der Waals surface area contributed by atoms with Gasteiger partial charge >= 0.3 is 5.97 Å². The van der Waals surface area contributed by atoms with Crippen molar-refractivity contribution in [1.82, 2.24) is 5.06 Å². The maximum absolute atomic E-state index is 11.8. The number of rotatable bonds is 4. The van der Waals surface area contributed by atoms with Gasteiger partial charge < -0.3 is 4.84 Å². The van der Waals surface area contributed by atoms with Crippen LogP contribution in [0.5, 0.6) is 0 Å². The topological polar surface area (TPSA) is 167 Å². The van der Waals surface area contributed by atoms with Crippen LogP contribution in [-0.2, 0) is 24.5 Å². The zero-order valence-electron chi connectivity index (χ0n) is 11.2. The van der Waals surface area contributed by atoms with Crippen molar-refractivity contribution in [2.75, 3.05) is 0 Å². The van der Waals surface area contributed by atoms with Crippen molar-refractivity contribution >= 4 is 33.6 Å². The Morgan fingerprint density at radius 3 is 2.43 bits per heavy atom. The number of imide groups is 1. The molecule has 1 aromatic rings. The van der Waals surface area contributed by atoms with E-state index < -0.39 is 39.6 Å². The molecule has 11 nitrogen and oxygen atoms in total. The lowest BCUT2D eigenvalue weighted by Gasteiger charge is -2.13. The van der Waals surface area contributed by atoms with E-state index in [0.29, 0.717) is 0 Å². The van der Waals surface area contributed by atoms with Gasteiger partial charge in [0.05, 0.1) is 12.0 Å². The van der Waals surface area contributed by atoms with Crippen molar-refractivity contribution in [2.45, 2.75) is 11.7 Å². The summed E-state index contributed by atoms with van der Waals surface area (Å²) < 4.78 is 30.8. The summed E-state index contributed by atoms with van der Waals surface area (Å²) in [5.74, 6) is -3.52. The monoisotopic (exact) mass is 340 g/mol. The van der Waals surface area contributed by atoms with Gasteiger partial charge in [-0.25, -0.2) is 4.79 Å². The summed E-state index contributed by atoms with van der Waals surface area (Å²) in [5.41, 5.74) is 8.41.